The number of aromatic nitrogens is 2. The lowest BCUT2D eigenvalue weighted by atomic mass is 10.2. The molecule has 1 amide bonds. The van der Waals surface area contributed by atoms with Crippen LogP contribution in [0, 0.1) is 0 Å². The van der Waals surface area contributed by atoms with E-state index in [1.165, 1.54) is 0 Å². The van der Waals surface area contributed by atoms with Crippen LogP contribution in [0.15, 0.2) is 54.7 Å². The van der Waals surface area contributed by atoms with Crippen LogP contribution in [-0.4, -0.2) is 36.9 Å². The fourth-order valence-corrected chi connectivity index (χ4v) is 2.68. The van der Waals surface area contributed by atoms with E-state index in [4.69, 9.17) is 16.3 Å². The van der Waals surface area contributed by atoms with E-state index in [1.807, 2.05) is 49.3 Å². The summed E-state index contributed by atoms with van der Waals surface area (Å²) in [6.45, 7) is 0. The van der Waals surface area contributed by atoms with Gasteiger partial charge in [-0.25, -0.2) is 4.68 Å². The lowest BCUT2D eigenvalue weighted by Crippen LogP contribution is -2.17. The number of nitrogens with one attached hydrogen (secondary N) is 1. The van der Waals surface area contributed by atoms with E-state index in [0.29, 0.717) is 16.4 Å². The highest BCUT2D eigenvalue weighted by molar-refractivity contribution is 6.31. The van der Waals surface area contributed by atoms with Gasteiger partial charge in [0, 0.05) is 25.3 Å². The molecule has 26 heavy (non-hydrogen) atoms. The molecule has 3 rings (SSSR count). The molecule has 0 bridgehead atoms. The molecule has 0 atom stereocenters. The number of anilines is 2. The van der Waals surface area contributed by atoms with E-state index in [1.54, 1.807) is 36.2 Å². The van der Waals surface area contributed by atoms with Crippen LogP contribution in [0.3, 0.4) is 0 Å². The van der Waals surface area contributed by atoms with Crippen LogP contribution in [0.4, 0.5) is 11.4 Å². The molecule has 6 nitrogen and oxygen atoms in total. The number of carbonyl (C=O) groups is 1. The number of rotatable bonds is 5. The van der Waals surface area contributed by atoms with Crippen molar-refractivity contribution in [3.05, 3.63) is 65.4 Å². The lowest BCUT2D eigenvalue weighted by molar-refractivity contribution is 0.102. The predicted molar refractivity (Wildman–Crippen MR) is 104 cm³/mol. The molecule has 3 aromatic rings. The van der Waals surface area contributed by atoms with Gasteiger partial charge in [0.15, 0.2) is 5.69 Å². The number of halogens is 1. The molecule has 0 aliphatic carbocycles. The zero-order valence-electron chi connectivity index (χ0n) is 14.7. The molecule has 0 saturated heterocycles. The molecule has 2 aromatic carbocycles. The second-order valence-electron chi connectivity index (χ2n) is 5.85. The van der Waals surface area contributed by atoms with E-state index in [2.05, 4.69) is 10.4 Å². The maximum absolute atomic E-state index is 12.6. The molecule has 0 saturated carbocycles. The number of carbonyl (C=O) groups excluding carboxylic acids is 1. The van der Waals surface area contributed by atoms with E-state index in [9.17, 15) is 4.79 Å². The van der Waals surface area contributed by atoms with Crippen molar-refractivity contribution < 1.29 is 9.53 Å². The fraction of sp³-hybridized carbons (Fsp3) is 0.158. The summed E-state index contributed by atoms with van der Waals surface area (Å²) >= 11 is 6.06. The second kappa shape index (κ2) is 7.49. The summed E-state index contributed by atoms with van der Waals surface area (Å²) in [5.74, 6) is 0.457. The average molecular weight is 371 g/mol. The highest BCUT2D eigenvalue weighted by Crippen LogP contribution is 2.28. The number of amides is 1. The minimum Gasteiger partial charge on any atom is -0.497 e. The van der Waals surface area contributed by atoms with Gasteiger partial charge in [0.2, 0.25) is 0 Å². The summed E-state index contributed by atoms with van der Waals surface area (Å²) in [6, 6.07) is 14.4. The van der Waals surface area contributed by atoms with Gasteiger partial charge in [-0.05, 0) is 48.5 Å². The van der Waals surface area contributed by atoms with Gasteiger partial charge >= 0.3 is 0 Å². The van der Waals surface area contributed by atoms with E-state index >= 15 is 0 Å². The molecule has 7 heteroatoms. The molecule has 0 fully saturated rings. The van der Waals surface area contributed by atoms with Crippen molar-refractivity contribution in [2.24, 2.45) is 0 Å². The summed E-state index contributed by atoms with van der Waals surface area (Å²) < 4.78 is 6.78. The number of benzene rings is 2. The highest BCUT2D eigenvalue weighted by atomic mass is 35.5. The van der Waals surface area contributed by atoms with Crippen LogP contribution >= 0.6 is 11.6 Å². The van der Waals surface area contributed by atoms with Crippen LogP contribution < -0.4 is 15.0 Å². The molecule has 0 radical (unpaired) electrons. The standard InChI is InChI=1S/C19H19ClN4O2/c1-23(2)18-9-4-13(20)12-17(18)21-19(25)16-10-11-24(22-16)14-5-7-15(26-3)8-6-14/h4-12H,1-3H3,(H,21,25). The average Bonchev–Trinajstić information content (AvgIpc) is 3.12. The molecule has 134 valence electrons. The van der Waals surface area contributed by atoms with E-state index < -0.39 is 0 Å². The van der Waals surface area contributed by atoms with Gasteiger partial charge in [-0.3, -0.25) is 4.79 Å². The molecule has 1 aromatic heterocycles. The number of methoxy groups -OCH3 is 1. The zero-order chi connectivity index (χ0) is 18.7. The Kier molecular flexibility index (Phi) is 5.14. The third kappa shape index (κ3) is 3.81. The summed E-state index contributed by atoms with van der Waals surface area (Å²) in [4.78, 5) is 14.5. The van der Waals surface area contributed by atoms with Crippen LogP contribution in [0.5, 0.6) is 5.75 Å². The first-order valence-corrected chi connectivity index (χ1v) is 8.34. The lowest BCUT2D eigenvalue weighted by Gasteiger charge is -2.17. The minimum absolute atomic E-state index is 0.303. The van der Waals surface area contributed by atoms with Gasteiger partial charge in [0.25, 0.3) is 5.91 Å². The quantitative estimate of drug-likeness (QED) is 0.741. The number of hydrogen-bond acceptors (Lipinski definition) is 4. The van der Waals surface area contributed by atoms with Crippen molar-refractivity contribution in [1.29, 1.82) is 0 Å². The number of nitrogens with zero attached hydrogens (tertiary/aromatic N) is 3. The third-order valence-corrected chi connectivity index (χ3v) is 4.08. The third-order valence-electron chi connectivity index (χ3n) is 3.85. The van der Waals surface area contributed by atoms with Crippen LogP contribution in [0.25, 0.3) is 5.69 Å². The summed E-state index contributed by atoms with van der Waals surface area (Å²) in [5, 5.41) is 7.77. The van der Waals surface area contributed by atoms with Crippen LogP contribution in [0.2, 0.25) is 5.02 Å². The molecule has 0 aliphatic rings. The van der Waals surface area contributed by atoms with Crippen molar-refractivity contribution in [1.82, 2.24) is 9.78 Å². The van der Waals surface area contributed by atoms with Gasteiger partial charge in [0.05, 0.1) is 24.2 Å². The monoisotopic (exact) mass is 370 g/mol. The molecule has 1 N–H and O–H groups in total. The minimum atomic E-state index is -0.303. The number of hydrogen-bond donors (Lipinski definition) is 1. The second-order valence-corrected chi connectivity index (χ2v) is 6.29. The van der Waals surface area contributed by atoms with Crippen molar-refractivity contribution >= 4 is 28.9 Å². The first-order chi connectivity index (χ1) is 12.5. The largest absolute Gasteiger partial charge is 0.497 e. The maximum atomic E-state index is 12.6. The Balaban J connectivity index is 1.81. The molecule has 0 unspecified atom stereocenters. The Morgan fingerprint density at radius 1 is 1.15 bits per heavy atom. The molecule has 1 heterocycles. The Labute approximate surface area is 157 Å². The van der Waals surface area contributed by atoms with Gasteiger partial charge in [-0.2, -0.15) is 5.10 Å². The Bertz CT molecular complexity index is 920. The summed E-state index contributed by atoms with van der Waals surface area (Å²) in [6.07, 6.45) is 1.74. The molecule has 0 spiro atoms. The van der Waals surface area contributed by atoms with Gasteiger partial charge < -0.3 is 15.0 Å². The van der Waals surface area contributed by atoms with Crippen molar-refractivity contribution in [2.45, 2.75) is 0 Å². The van der Waals surface area contributed by atoms with Gasteiger partial charge in [-0.15, -0.1) is 0 Å². The first kappa shape index (κ1) is 17.8. The van der Waals surface area contributed by atoms with E-state index in [-0.39, 0.29) is 5.91 Å². The molecule has 0 aliphatic heterocycles. The molecular formula is C19H19ClN4O2. The molecular weight excluding hydrogens is 352 g/mol. The zero-order valence-corrected chi connectivity index (χ0v) is 15.5. The topological polar surface area (TPSA) is 59.4 Å². The predicted octanol–water partition coefficient (Wildman–Crippen LogP) is 3.85. The number of ether oxygens (including phenoxy) is 1. The van der Waals surface area contributed by atoms with E-state index in [0.717, 1.165) is 17.1 Å². The van der Waals surface area contributed by atoms with Crippen LogP contribution in [0.1, 0.15) is 10.5 Å². The maximum Gasteiger partial charge on any atom is 0.276 e. The summed E-state index contributed by atoms with van der Waals surface area (Å²) in [5.41, 5.74) is 2.64. The Morgan fingerprint density at radius 3 is 2.54 bits per heavy atom. The van der Waals surface area contributed by atoms with Gasteiger partial charge in [0.1, 0.15) is 5.75 Å². The Hall–Kier alpha value is -2.99. The Morgan fingerprint density at radius 2 is 1.88 bits per heavy atom. The van der Waals surface area contributed by atoms with Crippen molar-refractivity contribution in [2.75, 3.05) is 31.4 Å². The highest BCUT2D eigenvalue weighted by Gasteiger charge is 2.14. The van der Waals surface area contributed by atoms with Crippen LogP contribution in [-0.2, 0) is 0 Å². The smallest absolute Gasteiger partial charge is 0.276 e. The normalized spacial score (nSPS) is 10.5. The van der Waals surface area contributed by atoms with Crippen molar-refractivity contribution in [3.63, 3.8) is 0 Å². The van der Waals surface area contributed by atoms with Gasteiger partial charge in [-0.1, -0.05) is 11.6 Å². The first-order valence-electron chi connectivity index (χ1n) is 7.96. The summed E-state index contributed by atoms with van der Waals surface area (Å²) in [7, 11) is 5.41. The fourth-order valence-electron chi connectivity index (χ4n) is 2.51. The van der Waals surface area contributed by atoms with Crippen molar-refractivity contribution in [3.8, 4) is 11.4 Å². The SMILES string of the molecule is COc1ccc(-n2ccc(C(=O)Nc3cc(Cl)ccc3N(C)C)n2)cc1.